The molecule has 0 spiro atoms. The third-order valence-electron chi connectivity index (χ3n) is 18.1. The Bertz CT molecular complexity index is 1630. The Balaban J connectivity index is 1.26. The van der Waals surface area contributed by atoms with Crippen LogP contribution in [0.5, 0.6) is 0 Å². The molecule has 1 amide bonds. The van der Waals surface area contributed by atoms with Gasteiger partial charge in [-0.1, -0.05) is 251 Å². The first-order valence-electron chi connectivity index (χ1n) is 35.4. The van der Waals surface area contributed by atoms with E-state index in [2.05, 4.69) is 31.3 Å². The highest BCUT2D eigenvalue weighted by Gasteiger charge is 2.53. The Morgan fingerprint density at radius 1 is 0.402 bits per heavy atom. The highest BCUT2D eigenvalue weighted by molar-refractivity contribution is 5.76. The number of ether oxygens (including phenoxy) is 6. The predicted molar refractivity (Wildman–Crippen MR) is 337 cm³/mol. The summed E-state index contributed by atoms with van der Waals surface area (Å²) in [6.45, 7) is 1.75. The number of unbranched alkanes of at least 4 members (excludes halogenated alkanes) is 37. The average molecular weight is 1250 g/mol. The molecular formula is C68H129NO18. The number of aliphatic hydroxyl groups is 11. The van der Waals surface area contributed by atoms with Gasteiger partial charge in [-0.05, 0) is 38.5 Å². The van der Waals surface area contributed by atoms with Crippen molar-refractivity contribution in [1.29, 1.82) is 0 Å². The molecular weight excluding hydrogens is 1120 g/mol. The van der Waals surface area contributed by atoms with Crippen molar-refractivity contribution in [2.45, 2.75) is 388 Å². The second-order valence-corrected chi connectivity index (χ2v) is 25.7. The molecule has 3 aliphatic rings. The van der Waals surface area contributed by atoms with Gasteiger partial charge in [-0.15, -0.1) is 0 Å². The highest BCUT2D eigenvalue weighted by atomic mass is 16.8. The van der Waals surface area contributed by atoms with Crippen molar-refractivity contribution in [3.05, 3.63) is 12.2 Å². The summed E-state index contributed by atoms with van der Waals surface area (Å²) in [5, 5.41) is 120. The predicted octanol–water partition coefficient (Wildman–Crippen LogP) is 9.28. The van der Waals surface area contributed by atoms with Gasteiger partial charge in [-0.3, -0.25) is 4.79 Å². The number of hydrogen-bond acceptors (Lipinski definition) is 18. The van der Waals surface area contributed by atoms with E-state index in [9.17, 15) is 61.0 Å². The van der Waals surface area contributed by atoms with E-state index in [1.165, 1.54) is 193 Å². The summed E-state index contributed by atoms with van der Waals surface area (Å²) in [6.07, 6.45) is 29.5. The van der Waals surface area contributed by atoms with Crippen LogP contribution in [0, 0.1) is 0 Å². The summed E-state index contributed by atoms with van der Waals surface area (Å²) in [6, 6.07) is -0.880. The van der Waals surface area contributed by atoms with Gasteiger partial charge in [0.15, 0.2) is 18.9 Å². The van der Waals surface area contributed by atoms with Gasteiger partial charge in [0.25, 0.3) is 0 Å². The van der Waals surface area contributed by atoms with Gasteiger partial charge >= 0.3 is 0 Å². The van der Waals surface area contributed by atoms with Crippen molar-refractivity contribution in [2.75, 3.05) is 26.4 Å². The van der Waals surface area contributed by atoms with E-state index in [1.54, 1.807) is 0 Å². The van der Waals surface area contributed by atoms with Gasteiger partial charge < -0.3 is 89.9 Å². The smallest absolute Gasteiger partial charge is 0.220 e. The van der Waals surface area contributed by atoms with Gasteiger partial charge in [-0.25, -0.2) is 0 Å². The number of nitrogens with one attached hydrogen (secondary N) is 1. The molecule has 19 nitrogen and oxygen atoms in total. The minimum Gasteiger partial charge on any atom is -0.394 e. The second kappa shape index (κ2) is 51.0. The number of aliphatic hydroxyl groups excluding tert-OH is 11. The minimum absolute atomic E-state index is 0.242. The number of amides is 1. The number of allylic oxidation sites excluding steroid dienone is 2. The molecule has 0 bridgehead atoms. The van der Waals surface area contributed by atoms with Crippen LogP contribution in [-0.4, -0.2) is 193 Å². The van der Waals surface area contributed by atoms with Crippen LogP contribution in [0.15, 0.2) is 12.2 Å². The average Bonchev–Trinajstić information content (AvgIpc) is 2.35. The molecule has 0 aromatic heterocycles. The van der Waals surface area contributed by atoms with E-state index >= 15 is 0 Å². The van der Waals surface area contributed by atoms with Crippen LogP contribution in [0.3, 0.4) is 0 Å². The molecule has 0 aromatic carbocycles. The maximum atomic E-state index is 13.3. The first-order valence-corrected chi connectivity index (χ1v) is 35.4. The van der Waals surface area contributed by atoms with Crippen molar-refractivity contribution in [1.82, 2.24) is 5.32 Å². The maximum absolute atomic E-state index is 13.3. The third kappa shape index (κ3) is 33.3. The first kappa shape index (κ1) is 79.8. The molecule has 17 atom stereocenters. The summed E-state index contributed by atoms with van der Waals surface area (Å²) in [4.78, 5) is 13.3. The normalized spacial score (nSPS) is 28.6. The molecule has 17 unspecified atom stereocenters. The number of carbonyl (C=O) groups excluding carboxylic acids is 1. The monoisotopic (exact) mass is 1250 g/mol. The summed E-state index contributed by atoms with van der Waals surface area (Å²) < 4.78 is 34.3. The molecule has 514 valence electrons. The molecule has 87 heavy (non-hydrogen) atoms. The molecule has 0 radical (unpaired) electrons. The van der Waals surface area contributed by atoms with Crippen LogP contribution in [0.2, 0.25) is 0 Å². The van der Waals surface area contributed by atoms with Crippen molar-refractivity contribution in [3.8, 4) is 0 Å². The Kier molecular flexibility index (Phi) is 46.8. The summed E-state index contributed by atoms with van der Waals surface area (Å²) >= 11 is 0. The van der Waals surface area contributed by atoms with Gasteiger partial charge in [0.1, 0.15) is 73.2 Å². The number of rotatable bonds is 55. The lowest BCUT2D eigenvalue weighted by atomic mass is 9.96. The first-order chi connectivity index (χ1) is 42.3. The lowest BCUT2D eigenvalue weighted by Crippen LogP contribution is -2.66. The van der Waals surface area contributed by atoms with E-state index in [0.29, 0.717) is 12.8 Å². The lowest BCUT2D eigenvalue weighted by molar-refractivity contribution is -0.379. The van der Waals surface area contributed by atoms with E-state index in [0.717, 1.165) is 57.8 Å². The van der Waals surface area contributed by atoms with E-state index in [4.69, 9.17) is 28.4 Å². The van der Waals surface area contributed by atoms with E-state index in [-0.39, 0.29) is 18.9 Å². The van der Waals surface area contributed by atoms with Crippen molar-refractivity contribution in [2.24, 2.45) is 0 Å². The Morgan fingerprint density at radius 3 is 1.11 bits per heavy atom. The number of hydrogen-bond donors (Lipinski definition) is 12. The van der Waals surface area contributed by atoms with Gasteiger partial charge in [0, 0.05) is 6.42 Å². The van der Waals surface area contributed by atoms with Gasteiger partial charge in [-0.2, -0.15) is 0 Å². The molecule has 0 aromatic rings. The zero-order valence-electron chi connectivity index (χ0n) is 54.3. The molecule has 3 fully saturated rings. The third-order valence-corrected chi connectivity index (χ3v) is 18.1. The fourth-order valence-corrected chi connectivity index (χ4v) is 12.3. The van der Waals surface area contributed by atoms with Crippen molar-refractivity contribution >= 4 is 5.91 Å². The largest absolute Gasteiger partial charge is 0.394 e. The van der Waals surface area contributed by atoms with Crippen LogP contribution in [0.25, 0.3) is 0 Å². The Labute approximate surface area is 525 Å². The lowest BCUT2D eigenvalue weighted by Gasteiger charge is -2.48. The Morgan fingerprint density at radius 2 is 0.724 bits per heavy atom. The van der Waals surface area contributed by atoms with Crippen LogP contribution in [0.4, 0.5) is 0 Å². The van der Waals surface area contributed by atoms with Crippen LogP contribution in [0.1, 0.15) is 284 Å². The standard InChI is InChI=1S/C68H129NO18/c1-3-5-7-9-11-12-13-14-15-16-17-18-19-20-21-22-23-24-25-26-27-28-29-30-31-32-33-34-35-36-37-38-40-42-44-46-56(74)69-51(52(73)45-43-41-39-10-8-6-4-2)50-82-66-62(80)59(77)64(54(48-71)84-66)87-68-63(81)60(78)65(55(49-72)85-68)86-67-61(79)58(76)57(75)53(47-70)83-67/h16-17,51-55,57-68,70-73,75-81H,3-15,18-50H2,1-2H3,(H,69,74)/b17-16-. The van der Waals surface area contributed by atoms with Crippen LogP contribution in [-0.2, 0) is 33.2 Å². The van der Waals surface area contributed by atoms with Crippen LogP contribution < -0.4 is 5.32 Å². The summed E-state index contributed by atoms with van der Waals surface area (Å²) in [5.74, 6) is -0.242. The topological polar surface area (TPSA) is 307 Å². The fourth-order valence-electron chi connectivity index (χ4n) is 12.3. The zero-order valence-corrected chi connectivity index (χ0v) is 54.3. The molecule has 3 rings (SSSR count). The molecule has 3 heterocycles. The Hall–Kier alpha value is -1.47. The van der Waals surface area contributed by atoms with Gasteiger partial charge in [0.2, 0.25) is 5.91 Å². The zero-order chi connectivity index (χ0) is 63.3. The van der Waals surface area contributed by atoms with E-state index in [1.807, 2.05) is 0 Å². The molecule has 3 aliphatic heterocycles. The minimum atomic E-state index is -1.97. The highest BCUT2D eigenvalue weighted by Crippen LogP contribution is 2.33. The van der Waals surface area contributed by atoms with Crippen molar-refractivity contribution < 1.29 is 89.4 Å². The van der Waals surface area contributed by atoms with E-state index < -0.39 is 124 Å². The summed E-state index contributed by atoms with van der Waals surface area (Å²) in [7, 11) is 0. The second-order valence-electron chi connectivity index (χ2n) is 25.7. The summed E-state index contributed by atoms with van der Waals surface area (Å²) in [5.41, 5.74) is 0. The fraction of sp³-hybridized carbons (Fsp3) is 0.956. The molecule has 19 heteroatoms. The van der Waals surface area contributed by atoms with Gasteiger partial charge in [0.05, 0.1) is 38.6 Å². The molecule has 0 aliphatic carbocycles. The molecule has 3 saturated heterocycles. The maximum Gasteiger partial charge on any atom is 0.220 e. The molecule has 0 saturated carbocycles. The quantitative estimate of drug-likeness (QED) is 0.0199. The molecule has 12 N–H and O–H groups in total. The van der Waals surface area contributed by atoms with Crippen LogP contribution >= 0.6 is 0 Å². The SMILES string of the molecule is CCCCCCCCCC/C=C\CCCCCCCCCCCCCCCCCCCCCCCCCC(=O)NC(COC1OC(CO)C(OC2OC(CO)C(OC3OC(CO)C(O)C(O)C3O)C(O)C2O)C(O)C1O)C(O)CCCCCCCCC. The number of carbonyl (C=O) groups is 1. The van der Waals surface area contributed by atoms with Crippen molar-refractivity contribution in [3.63, 3.8) is 0 Å².